The van der Waals surface area contributed by atoms with Crippen LogP contribution in [0.3, 0.4) is 0 Å². The summed E-state index contributed by atoms with van der Waals surface area (Å²) in [5.74, 6) is 0.966. The van der Waals surface area contributed by atoms with Gasteiger partial charge >= 0.3 is 0 Å². The van der Waals surface area contributed by atoms with E-state index in [2.05, 4.69) is 29.6 Å². The molecule has 2 atom stereocenters. The first-order chi connectivity index (χ1) is 8.90. The second kappa shape index (κ2) is 5.72. The summed E-state index contributed by atoms with van der Waals surface area (Å²) < 4.78 is 11.2. The van der Waals surface area contributed by atoms with Crippen LogP contribution in [0.25, 0.3) is 0 Å². The zero-order chi connectivity index (χ0) is 12.2. The van der Waals surface area contributed by atoms with Gasteiger partial charge in [-0.15, -0.1) is 0 Å². The lowest BCUT2D eigenvalue weighted by atomic mass is 10.0. The predicted molar refractivity (Wildman–Crippen MR) is 71.0 cm³/mol. The van der Waals surface area contributed by atoms with Crippen LogP contribution >= 0.6 is 0 Å². The number of ether oxygens (including phenoxy) is 2. The Labute approximate surface area is 108 Å². The van der Waals surface area contributed by atoms with Crippen LogP contribution in [-0.2, 0) is 11.2 Å². The number of nitrogens with one attached hydrogen (secondary N) is 1. The van der Waals surface area contributed by atoms with Crippen molar-refractivity contribution in [3.05, 3.63) is 29.8 Å². The zero-order valence-electron chi connectivity index (χ0n) is 10.7. The Bertz CT molecular complexity index is 328. The lowest BCUT2D eigenvalue weighted by molar-refractivity contribution is 0.141. The largest absolute Gasteiger partial charge is 0.488 e. The van der Waals surface area contributed by atoms with Crippen LogP contribution in [0.15, 0.2) is 24.3 Å². The monoisotopic (exact) mass is 247 g/mol. The molecule has 2 saturated heterocycles. The van der Waals surface area contributed by atoms with Crippen LogP contribution in [0.5, 0.6) is 5.75 Å². The van der Waals surface area contributed by atoms with Crippen LogP contribution in [0.2, 0.25) is 0 Å². The van der Waals surface area contributed by atoms with Gasteiger partial charge in [-0.05, 0) is 43.5 Å². The normalized spacial score (nSPS) is 27.6. The molecule has 0 aliphatic carbocycles. The minimum atomic E-state index is 0.243. The summed E-state index contributed by atoms with van der Waals surface area (Å²) in [5.41, 5.74) is 1.39. The lowest BCUT2D eigenvalue weighted by Gasteiger charge is -2.13. The third-order valence-electron chi connectivity index (χ3n) is 3.76. The number of hydrogen-bond donors (Lipinski definition) is 1. The van der Waals surface area contributed by atoms with Crippen molar-refractivity contribution >= 4 is 0 Å². The van der Waals surface area contributed by atoms with E-state index in [1.807, 2.05) is 0 Å². The SMILES string of the molecule is c1cc(OC2CCOC2)ccc1CC1CCCN1. The minimum absolute atomic E-state index is 0.243. The molecule has 3 rings (SSSR count). The van der Waals surface area contributed by atoms with Crippen molar-refractivity contribution in [3.63, 3.8) is 0 Å². The molecule has 0 amide bonds. The van der Waals surface area contributed by atoms with Crippen molar-refractivity contribution < 1.29 is 9.47 Å². The van der Waals surface area contributed by atoms with Crippen LogP contribution in [-0.4, -0.2) is 31.9 Å². The molecule has 2 fully saturated rings. The van der Waals surface area contributed by atoms with Gasteiger partial charge in [0.2, 0.25) is 0 Å². The summed E-state index contributed by atoms with van der Waals surface area (Å²) in [5, 5.41) is 3.53. The molecule has 2 heterocycles. The van der Waals surface area contributed by atoms with E-state index < -0.39 is 0 Å². The van der Waals surface area contributed by atoms with Crippen LogP contribution in [0, 0.1) is 0 Å². The molecule has 2 unspecified atom stereocenters. The average Bonchev–Trinajstić information content (AvgIpc) is 3.05. The molecule has 3 nitrogen and oxygen atoms in total. The fourth-order valence-electron chi connectivity index (χ4n) is 2.72. The molecule has 1 aromatic rings. The molecule has 98 valence electrons. The molecule has 2 aliphatic heterocycles. The van der Waals surface area contributed by atoms with Gasteiger partial charge in [0.25, 0.3) is 0 Å². The number of benzene rings is 1. The van der Waals surface area contributed by atoms with Gasteiger partial charge in [-0.25, -0.2) is 0 Å². The zero-order valence-corrected chi connectivity index (χ0v) is 10.7. The van der Waals surface area contributed by atoms with E-state index in [9.17, 15) is 0 Å². The highest BCUT2D eigenvalue weighted by atomic mass is 16.5. The van der Waals surface area contributed by atoms with E-state index in [1.165, 1.54) is 24.9 Å². The van der Waals surface area contributed by atoms with Crippen LogP contribution in [0.4, 0.5) is 0 Å². The summed E-state index contributed by atoms with van der Waals surface area (Å²) in [6, 6.07) is 9.21. The Morgan fingerprint density at radius 1 is 1.22 bits per heavy atom. The predicted octanol–water partition coefficient (Wildman–Crippen LogP) is 2.15. The van der Waals surface area contributed by atoms with Crippen molar-refractivity contribution in [3.8, 4) is 5.75 Å². The molecule has 0 bridgehead atoms. The first-order valence-electron chi connectivity index (χ1n) is 6.97. The third kappa shape index (κ3) is 3.03. The summed E-state index contributed by atoms with van der Waals surface area (Å²) in [6.07, 6.45) is 5.00. The van der Waals surface area contributed by atoms with Gasteiger partial charge in [-0.1, -0.05) is 12.1 Å². The molecule has 18 heavy (non-hydrogen) atoms. The molecule has 2 aliphatic rings. The first-order valence-corrected chi connectivity index (χ1v) is 6.97. The van der Waals surface area contributed by atoms with Crippen molar-refractivity contribution in [2.24, 2.45) is 0 Å². The van der Waals surface area contributed by atoms with E-state index in [0.29, 0.717) is 6.04 Å². The van der Waals surface area contributed by atoms with Gasteiger partial charge in [0, 0.05) is 12.5 Å². The standard InChI is InChI=1S/C15H21NO2/c1-2-13(16-8-1)10-12-3-5-14(6-4-12)18-15-7-9-17-11-15/h3-6,13,15-16H,1-2,7-11H2. The molecule has 0 radical (unpaired) electrons. The maximum atomic E-state index is 5.86. The number of rotatable bonds is 4. The molecule has 3 heteroatoms. The highest BCUT2D eigenvalue weighted by molar-refractivity contribution is 5.28. The highest BCUT2D eigenvalue weighted by Crippen LogP contribution is 2.19. The van der Waals surface area contributed by atoms with Crippen molar-refractivity contribution in [2.75, 3.05) is 19.8 Å². The smallest absolute Gasteiger partial charge is 0.124 e. The fourth-order valence-corrected chi connectivity index (χ4v) is 2.72. The Hall–Kier alpha value is -1.06. The van der Waals surface area contributed by atoms with E-state index in [-0.39, 0.29) is 6.10 Å². The third-order valence-corrected chi connectivity index (χ3v) is 3.76. The average molecular weight is 247 g/mol. The first kappa shape index (κ1) is 12.0. The maximum Gasteiger partial charge on any atom is 0.124 e. The lowest BCUT2D eigenvalue weighted by Crippen LogP contribution is -2.23. The molecule has 0 spiro atoms. The number of hydrogen-bond acceptors (Lipinski definition) is 3. The molecular formula is C15H21NO2. The highest BCUT2D eigenvalue weighted by Gasteiger charge is 2.17. The van der Waals surface area contributed by atoms with Gasteiger partial charge in [-0.2, -0.15) is 0 Å². The molecule has 1 aromatic carbocycles. The Morgan fingerprint density at radius 3 is 2.78 bits per heavy atom. The van der Waals surface area contributed by atoms with Crippen molar-refractivity contribution in [1.29, 1.82) is 0 Å². The fraction of sp³-hybridized carbons (Fsp3) is 0.600. The van der Waals surface area contributed by atoms with Crippen LogP contribution in [0.1, 0.15) is 24.8 Å². The maximum absolute atomic E-state index is 5.86. The van der Waals surface area contributed by atoms with E-state index in [0.717, 1.165) is 31.8 Å². The van der Waals surface area contributed by atoms with Crippen LogP contribution < -0.4 is 10.1 Å². The van der Waals surface area contributed by atoms with Gasteiger partial charge in [0.1, 0.15) is 11.9 Å². The van der Waals surface area contributed by atoms with Crippen molar-refractivity contribution in [1.82, 2.24) is 5.32 Å². The second-order valence-electron chi connectivity index (χ2n) is 5.24. The second-order valence-corrected chi connectivity index (χ2v) is 5.24. The van der Waals surface area contributed by atoms with Gasteiger partial charge < -0.3 is 14.8 Å². The summed E-state index contributed by atoms with van der Waals surface area (Å²) in [7, 11) is 0. The van der Waals surface area contributed by atoms with Gasteiger partial charge in [-0.3, -0.25) is 0 Å². The van der Waals surface area contributed by atoms with E-state index >= 15 is 0 Å². The molecule has 1 N–H and O–H groups in total. The Balaban J connectivity index is 1.54. The topological polar surface area (TPSA) is 30.5 Å². The molecular weight excluding hydrogens is 226 g/mol. The van der Waals surface area contributed by atoms with Gasteiger partial charge in [0.15, 0.2) is 0 Å². The summed E-state index contributed by atoms with van der Waals surface area (Å²) in [6.45, 7) is 2.73. The Kier molecular flexibility index (Phi) is 3.81. The van der Waals surface area contributed by atoms with Gasteiger partial charge in [0.05, 0.1) is 13.2 Å². The van der Waals surface area contributed by atoms with Crippen molar-refractivity contribution in [2.45, 2.75) is 37.8 Å². The minimum Gasteiger partial charge on any atom is -0.488 e. The van der Waals surface area contributed by atoms with E-state index in [4.69, 9.17) is 9.47 Å². The van der Waals surface area contributed by atoms with E-state index in [1.54, 1.807) is 0 Å². The summed E-state index contributed by atoms with van der Waals surface area (Å²) in [4.78, 5) is 0. The quantitative estimate of drug-likeness (QED) is 0.884. The molecule has 0 saturated carbocycles. The molecule has 0 aromatic heterocycles. The Morgan fingerprint density at radius 2 is 2.11 bits per heavy atom. The summed E-state index contributed by atoms with van der Waals surface area (Å²) >= 11 is 0.